The van der Waals surface area contributed by atoms with E-state index in [1.165, 1.54) is 0 Å². The van der Waals surface area contributed by atoms with Gasteiger partial charge in [0.05, 0.1) is 37.0 Å². The monoisotopic (exact) mass is 482 g/mol. The van der Waals surface area contributed by atoms with E-state index >= 15 is 0 Å². The van der Waals surface area contributed by atoms with Gasteiger partial charge in [-0.1, -0.05) is 12.1 Å². The summed E-state index contributed by atoms with van der Waals surface area (Å²) in [6.45, 7) is 1.69. The van der Waals surface area contributed by atoms with E-state index in [1.807, 2.05) is 42.5 Å². The summed E-state index contributed by atoms with van der Waals surface area (Å²) in [7, 11) is 1.57. The Morgan fingerprint density at radius 1 is 1.08 bits per heavy atom. The minimum absolute atomic E-state index is 0.0634. The zero-order valence-electron chi connectivity index (χ0n) is 19.5. The second-order valence-corrected chi connectivity index (χ2v) is 7.77. The molecule has 0 unspecified atom stereocenters. The van der Waals surface area contributed by atoms with Crippen molar-refractivity contribution in [3.05, 3.63) is 60.0 Å². The normalized spacial score (nSPS) is 10.8. The summed E-state index contributed by atoms with van der Waals surface area (Å²) in [5.41, 5.74) is 3.98. The van der Waals surface area contributed by atoms with E-state index < -0.39 is 0 Å². The zero-order valence-corrected chi connectivity index (χ0v) is 19.5. The van der Waals surface area contributed by atoms with Gasteiger partial charge in [-0.05, 0) is 42.3 Å². The van der Waals surface area contributed by atoms with E-state index in [2.05, 4.69) is 35.8 Å². The maximum absolute atomic E-state index is 9.73. The Balaban J connectivity index is 1.65. The average molecular weight is 483 g/mol. The quantitative estimate of drug-likeness (QED) is 0.242. The van der Waals surface area contributed by atoms with Crippen LogP contribution in [0, 0.1) is 18.3 Å². The molecule has 0 spiro atoms. The first-order valence-electron chi connectivity index (χ1n) is 11.0. The topological polar surface area (TPSA) is 162 Å². The number of aryl methyl sites for hydroxylation is 1. The summed E-state index contributed by atoms with van der Waals surface area (Å²) >= 11 is 0. The van der Waals surface area contributed by atoms with Gasteiger partial charge >= 0.3 is 0 Å². The summed E-state index contributed by atoms with van der Waals surface area (Å²) in [5.74, 6) is 2.86. The first-order valence-corrected chi connectivity index (χ1v) is 11.0. The van der Waals surface area contributed by atoms with Gasteiger partial charge in [-0.3, -0.25) is 5.10 Å². The number of imidazole rings is 1. The Morgan fingerprint density at radius 3 is 2.67 bits per heavy atom. The fourth-order valence-corrected chi connectivity index (χ4v) is 3.84. The first kappa shape index (κ1) is 22.8. The molecule has 0 saturated carbocycles. The van der Waals surface area contributed by atoms with Gasteiger partial charge in [0, 0.05) is 11.6 Å². The van der Waals surface area contributed by atoms with E-state index in [4.69, 9.17) is 15.0 Å². The lowest BCUT2D eigenvalue weighted by Gasteiger charge is -2.11. The van der Waals surface area contributed by atoms with Gasteiger partial charge in [-0.15, -0.1) is 0 Å². The van der Waals surface area contributed by atoms with E-state index in [9.17, 15) is 5.11 Å². The molecule has 2 aromatic carbocycles. The van der Waals surface area contributed by atoms with Crippen molar-refractivity contribution in [2.24, 2.45) is 0 Å². The Morgan fingerprint density at radius 2 is 1.92 bits per heavy atom. The van der Waals surface area contributed by atoms with E-state index in [0.717, 1.165) is 16.6 Å². The number of aromatic nitrogens is 7. The molecule has 0 aliphatic heterocycles. The van der Waals surface area contributed by atoms with Crippen molar-refractivity contribution >= 4 is 28.7 Å². The fourth-order valence-electron chi connectivity index (χ4n) is 3.84. The third-order valence-electron chi connectivity index (χ3n) is 5.45. The second-order valence-electron chi connectivity index (χ2n) is 7.77. The second kappa shape index (κ2) is 9.69. The number of fused-ring (bicyclic) bond motifs is 1. The molecule has 3 aromatic heterocycles. The van der Waals surface area contributed by atoms with Gasteiger partial charge in [0.1, 0.15) is 23.9 Å². The Labute approximate surface area is 205 Å². The highest BCUT2D eigenvalue weighted by atomic mass is 16.5. The lowest BCUT2D eigenvalue weighted by atomic mass is 10.0. The molecule has 0 aliphatic carbocycles. The summed E-state index contributed by atoms with van der Waals surface area (Å²) in [5, 5.41) is 31.6. The highest BCUT2D eigenvalue weighted by Gasteiger charge is 2.18. The molecule has 12 nitrogen and oxygen atoms in total. The van der Waals surface area contributed by atoms with Gasteiger partial charge in [-0.2, -0.15) is 25.3 Å². The standard InChI is InChI=1S/C24H22N10O2/c1-14-28-22(26-10-8-25)32-23(29-14)34-19-5-3-16(15-4-6-20(36-2)17(11-15)13-35)12-18(19)30-24(34)31-21-7-9-27-33-21/h3-7,9,11-12,35H,10,13H2,1-2H3,(H,26,28,29,32)(H2,27,30,31,33). The van der Waals surface area contributed by atoms with Crippen LogP contribution in [0.25, 0.3) is 28.1 Å². The molecule has 180 valence electrons. The molecule has 0 amide bonds. The molecule has 12 heteroatoms. The van der Waals surface area contributed by atoms with Gasteiger partial charge in [0.15, 0.2) is 0 Å². The number of nitrogens with one attached hydrogen (secondary N) is 3. The maximum atomic E-state index is 9.73. The maximum Gasteiger partial charge on any atom is 0.242 e. The number of hydrogen-bond donors (Lipinski definition) is 4. The Kier molecular flexibility index (Phi) is 6.12. The molecule has 0 radical (unpaired) electrons. The third kappa shape index (κ3) is 4.38. The molecule has 4 N–H and O–H groups in total. The number of anilines is 3. The predicted molar refractivity (Wildman–Crippen MR) is 133 cm³/mol. The number of hydrogen-bond acceptors (Lipinski definition) is 10. The summed E-state index contributed by atoms with van der Waals surface area (Å²) in [4.78, 5) is 18.1. The SMILES string of the molecule is COc1ccc(-c2ccc3c(c2)nc(Nc2ccn[nH]2)n3-c2nc(C)nc(NCC#N)n2)cc1CO. The van der Waals surface area contributed by atoms with Crippen molar-refractivity contribution in [3.63, 3.8) is 0 Å². The molecule has 0 saturated heterocycles. The smallest absolute Gasteiger partial charge is 0.242 e. The molecular formula is C24H22N10O2. The van der Waals surface area contributed by atoms with Gasteiger partial charge in [0.25, 0.3) is 0 Å². The van der Waals surface area contributed by atoms with Crippen LogP contribution in [0.2, 0.25) is 0 Å². The number of nitriles is 1. The van der Waals surface area contributed by atoms with Crippen LogP contribution in [0.1, 0.15) is 11.4 Å². The van der Waals surface area contributed by atoms with Crippen molar-refractivity contribution in [3.8, 4) is 28.9 Å². The number of aromatic amines is 1. The number of benzene rings is 2. The van der Waals surface area contributed by atoms with Crippen LogP contribution < -0.4 is 15.4 Å². The predicted octanol–water partition coefficient (Wildman–Crippen LogP) is 3.09. The molecule has 5 aromatic rings. The summed E-state index contributed by atoms with van der Waals surface area (Å²) in [6.07, 6.45) is 1.63. The number of aliphatic hydroxyl groups excluding tert-OH is 1. The molecule has 0 bridgehead atoms. The van der Waals surface area contributed by atoms with Crippen LogP contribution in [0.15, 0.2) is 48.7 Å². The number of methoxy groups -OCH3 is 1. The molecule has 36 heavy (non-hydrogen) atoms. The molecule has 5 rings (SSSR count). The molecule has 0 fully saturated rings. The zero-order chi connectivity index (χ0) is 25.1. The van der Waals surface area contributed by atoms with E-state index in [0.29, 0.717) is 46.3 Å². The average Bonchev–Trinajstić information content (AvgIpc) is 3.53. The van der Waals surface area contributed by atoms with Crippen LogP contribution in [0.3, 0.4) is 0 Å². The number of aliphatic hydroxyl groups is 1. The number of rotatable bonds is 8. The van der Waals surface area contributed by atoms with E-state index in [-0.39, 0.29) is 13.2 Å². The molecule has 3 heterocycles. The van der Waals surface area contributed by atoms with Crippen LogP contribution in [0.4, 0.5) is 17.7 Å². The first-order chi connectivity index (χ1) is 17.6. The van der Waals surface area contributed by atoms with Crippen LogP contribution in [-0.2, 0) is 6.61 Å². The lowest BCUT2D eigenvalue weighted by molar-refractivity contribution is 0.274. The molecule has 0 aliphatic rings. The minimum Gasteiger partial charge on any atom is -0.496 e. The van der Waals surface area contributed by atoms with Crippen LogP contribution >= 0.6 is 0 Å². The van der Waals surface area contributed by atoms with Crippen LogP contribution in [0.5, 0.6) is 5.75 Å². The van der Waals surface area contributed by atoms with Crippen LogP contribution in [-0.4, -0.2) is 53.5 Å². The molecular weight excluding hydrogens is 460 g/mol. The highest BCUT2D eigenvalue weighted by Crippen LogP contribution is 2.31. The van der Waals surface area contributed by atoms with Crippen molar-refractivity contribution in [1.29, 1.82) is 5.26 Å². The number of H-pyrrole nitrogens is 1. The number of nitrogens with zero attached hydrogens (tertiary/aromatic N) is 7. The minimum atomic E-state index is -0.132. The third-order valence-corrected chi connectivity index (χ3v) is 5.45. The van der Waals surface area contributed by atoms with E-state index in [1.54, 1.807) is 30.9 Å². The van der Waals surface area contributed by atoms with Crippen molar-refractivity contribution in [2.45, 2.75) is 13.5 Å². The van der Waals surface area contributed by atoms with Gasteiger partial charge in [-0.25, -0.2) is 9.55 Å². The number of ether oxygens (including phenoxy) is 1. The fraction of sp³-hybridized carbons (Fsp3) is 0.167. The Hall–Kier alpha value is -5.02. The largest absolute Gasteiger partial charge is 0.496 e. The van der Waals surface area contributed by atoms with Gasteiger partial charge in [0.2, 0.25) is 17.8 Å². The summed E-state index contributed by atoms with van der Waals surface area (Å²) < 4.78 is 7.10. The van der Waals surface area contributed by atoms with Crippen molar-refractivity contribution in [2.75, 3.05) is 24.3 Å². The van der Waals surface area contributed by atoms with Gasteiger partial charge < -0.3 is 20.5 Å². The van der Waals surface area contributed by atoms with Crippen molar-refractivity contribution < 1.29 is 9.84 Å². The Bertz CT molecular complexity index is 1570. The highest BCUT2D eigenvalue weighted by molar-refractivity contribution is 5.86. The molecule has 0 atom stereocenters. The lowest BCUT2D eigenvalue weighted by Crippen LogP contribution is -2.12. The van der Waals surface area contributed by atoms with Crippen molar-refractivity contribution in [1.82, 2.24) is 34.7 Å². The summed E-state index contributed by atoms with van der Waals surface area (Å²) in [6, 6.07) is 15.3.